The lowest BCUT2D eigenvalue weighted by Gasteiger charge is -2.08. The Bertz CT molecular complexity index is 866. The van der Waals surface area contributed by atoms with Crippen molar-refractivity contribution < 1.29 is 4.79 Å². The van der Waals surface area contributed by atoms with Crippen molar-refractivity contribution in [3.63, 3.8) is 0 Å². The summed E-state index contributed by atoms with van der Waals surface area (Å²) in [5.41, 5.74) is 5.00. The van der Waals surface area contributed by atoms with Crippen LogP contribution in [0.4, 0.5) is 0 Å². The molecule has 26 heavy (non-hydrogen) atoms. The van der Waals surface area contributed by atoms with Crippen molar-refractivity contribution in [2.45, 2.75) is 33.6 Å². The molecule has 2 aromatic carbocycles. The summed E-state index contributed by atoms with van der Waals surface area (Å²) in [6.07, 6.45) is 5.30. The molecule has 0 aliphatic rings. The predicted molar refractivity (Wildman–Crippen MR) is 106 cm³/mol. The van der Waals surface area contributed by atoms with Crippen LogP contribution in [-0.4, -0.2) is 15.8 Å². The number of carbonyl (C=O) groups excluding carboxylic acids is 1. The van der Waals surface area contributed by atoms with Crippen LogP contribution in [0.25, 0.3) is 22.5 Å². The highest BCUT2D eigenvalue weighted by Crippen LogP contribution is 2.22. The summed E-state index contributed by atoms with van der Waals surface area (Å²) in [6, 6.07) is 15.9. The molecule has 0 bridgehead atoms. The third-order valence-corrected chi connectivity index (χ3v) is 4.73. The standard InChI is InChI=1S/C23H24N2O/c1-4-16(2)13-22(26)19-9-11-20(12-10-19)23-24-14-21(15-25-23)18-7-5-17(3)6-8-18/h5-12,14-16H,4,13H2,1-3H3/t16-/m0/s1. The Labute approximate surface area is 155 Å². The van der Waals surface area contributed by atoms with Crippen molar-refractivity contribution in [1.82, 2.24) is 9.97 Å². The van der Waals surface area contributed by atoms with Gasteiger partial charge in [0.2, 0.25) is 0 Å². The number of ketones is 1. The Morgan fingerprint density at radius 2 is 1.46 bits per heavy atom. The molecule has 1 atom stereocenters. The molecule has 0 aliphatic carbocycles. The number of hydrogen-bond donors (Lipinski definition) is 0. The van der Waals surface area contributed by atoms with Gasteiger partial charge in [0.1, 0.15) is 0 Å². The number of nitrogens with zero attached hydrogens (tertiary/aromatic N) is 2. The van der Waals surface area contributed by atoms with Gasteiger partial charge < -0.3 is 0 Å². The van der Waals surface area contributed by atoms with Crippen molar-refractivity contribution >= 4 is 5.78 Å². The maximum Gasteiger partial charge on any atom is 0.163 e. The van der Waals surface area contributed by atoms with Gasteiger partial charge in [-0.3, -0.25) is 4.79 Å². The number of rotatable bonds is 6. The lowest BCUT2D eigenvalue weighted by Crippen LogP contribution is -2.05. The fourth-order valence-electron chi connectivity index (χ4n) is 2.76. The first-order chi connectivity index (χ1) is 12.6. The molecule has 0 aliphatic heterocycles. The van der Waals surface area contributed by atoms with Crippen LogP contribution in [0.3, 0.4) is 0 Å². The molecule has 0 saturated heterocycles. The summed E-state index contributed by atoms with van der Waals surface area (Å²) in [5.74, 6) is 1.28. The van der Waals surface area contributed by atoms with E-state index in [1.807, 2.05) is 36.7 Å². The maximum absolute atomic E-state index is 12.3. The van der Waals surface area contributed by atoms with Gasteiger partial charge in [-0.1, -0.05) is 74.4 Å². The minimum atomic E-state index is 0.196. The van der Waals surface area contributed by atoms with Gasteiger partial charge in [-0.05, 0) is 18.4 Å². The monoisotopic (exact) mass is 344 g/mol. The van der Waals surface area contributed by atoms with Crippen LogP contribution in [0, 0.1) is 12.8 Å². The van der Waals surface area contributed by atoms with Gasteiger partial charge in [-0.15, -0.1) is 0 Å². The first kappa shape index (κ1) is 18.0. The van der Waals surface area contributed by atoms with Gasteiger partial charge in [-0.25, -0.2) is 9.97 Å². The number of aryl methyl sites for hydroxylation is 1. The van der Waals surface area contributed by atoms with E-state index in [-0.39, 0.29) is 5.78 Å². The smallest absolute Gasteiger partial charge is 0.163 e. The van der Waals surface area contributed by atoms with Crippen molar-refractivity contribution in [2.24, 2.45) is 5.92 Å². The first-order valence-electron chi connectivity index (χ1n) is 9.09. The van der Waals surface area contributed by atoms with E-state index in [0.717, 1.165) is 28.7 Å². The summed E-state index contributed by atoms with van der Waals surface area (Å²) < 4.78 is 0. The largest absolute Gasteiger partial charge is 0.294 e. The van der Waals surface area contributed by atoms with Gasteiger partial charge in [0.25, 0.3) is 0 Å². The fraction of sp³-hybridized carbons (Fsp3) is 0.261. The average molecular weight is 344 g/mol. The molecule has 3 rings (SSSR count). The molecule has 0 fully saturated rings. The van der Waals surface area contributed by atoms with E-state index in [4.69, 9.17) is 0 Å². The predicted octanol–water partition coefficient (Wildman–Crippen LogP) is 5.74. The van der Waals surface area contributed by atoms with E-state index < -0.39 is 0 Å². The lowest BCUT2D eigenvalue weighted by molar-refractivity contribution is 0.0963. The quantitative estimate of drug-likeness (QED) is 0.536. The summed E-state index contributed by atoms with van der Waals surface area (Å²) in [4.78, 5) is 21.2. The van der Waals surface area contributed by atoms with E-state index in [2.05, 4.69) is 55.0 Å². The van der Waals surface area contributed by atoms with E-state index in [1.165, 1.54) is 5.56 Å². The highest BCUT2D eigenvalue weighted by atomic mass is 16.1. The second-order valence-electron chi connectivity index (χ2n) is 6.88. The molecular weight excluding hydrogens is 320 g/mol. The number of hydrogen-bond acceptors (Lipinski definition) is 3. The molecule has 1 heterocycles. The summed E-state index contributed by atoms with van der Waals surface area (Å²) in [6.45, 7) is 6.29. The van der Waals surface area contributed by atoms with Crippen molar-refractivity contribution in [2.75, 3.05) is 0 Å². The Morgan fingerprint density at radius 3 is 2.04 bits per heavy atom. The van der Waals surface area contributed by atoms with Crippen LogP contribution in [0.15, 0.2) is 60.9 Å². The van der Waals surface area contributed by atoms with Crippen LogP contribution in [-0.2, 0) is 0 Å². The van der Waals surface area contributed by atoms with Crippen LogP contribution >= 0.6 is 0 Å². The Kier molecular flexibility index (Phi) is 5.57. The highest BCUT2D eigenvalue weighted by molar-refractivity contribution is 5.96. The number of carbonyl (C=O) groups is 1. The molecule has 1 aromatic heterocycles. The maximum atomic E-state index is 12.3. The van der Waals surface area contributed by atoms with Crippen molar-refractivity contribution in [3.05, 3.63) is 72.1 Å². The Hall–Kier alpha value is -2.81. The van der Waals surface area contributed by atoms with Crippen molar-refractivity contribution in [3.8, 4) is 22.5 Å². The molecule has 0 radical (unpaired) electrons. The summed E-state index contributed by atoms with van der Waals surface area (Å²) >= 11 is 0. The fourth-order valence-corrected chi connectivity index (χ4v) is 2.76. The molecule has 0 saturated carbocycles. The van der Waals surface area contributed by atoms with Crippen LogP contribution in [0.2, 0.25) is 0 Å². The summed E-state index contributed by atoms with van der Waals surface area (Å²) in [5, 5.41) is 0. The van der Waals surface area contributed by atoms with E-state index in [0.29, 0.717) is 18.2 Å². The molecule has 3 nitrogen and oxygen atoms in total. The summed E-state index contributed by atoms with van der Waals surface area (Å²) in [7, 11) is 0. The molecule has 3 heteroatoms. The zero-order valence-corrected chi connectivity index (χ0v) is 15.6. The van der Waals surface area contributed by atoms with Crippen LogP contribution < -0.4 is 0 Å². The van der Waals surface area contributed by atoms with E-state index in [1.54, 1.807) is 0 Å². The number of aromatic nitrogens is 2. The molecule has 0 spiro atoms. The van der Waals surface area contributed by atoms with Gasteiger partial charge in [-0.2, -0.15) is 0 Å². The zero-order chi connectivity index (χ0) is 18.5. The van der Waals surface area contributed by atoms with Gasteiger partial charge in [0, 0.05) is 35.5 Å². The molecule has 0 amide bonds. The molecule has 0 N–H and O–H groups in total. The van der Waals surface area contributed by atoms with Gasteiger partial charge >= 0.3 is 0 Å². The number of Topliss-reactive ketones (excluding diaryl/α,β-unsaturated/α-hetero) is 1. The molecule has 132 valence electrons. The minimum Gasteiger partial charge on any atom is -0.294 e. The number of benzene rings is 2. The van der Waals surface area contributed by atoms with Gasteiger partial charge in [0.15, 0.2) is 11.6 Å². The third-order valence-electron chi connectivity index (χ3n) is 4.73. The lowest BCUT2D eigenvalue weighted by atomic mass is 9.97. The topological polar surface area (TPSA) is 42.9 Å². The minimum absolute atomic E-state index is 0.196. The average Bonchev–Trinajstić information content (AvgIpc) is 2.68. The van der Waals surface area contributed by atoms with Crippen LogP contribution in [0.1, 0.15) is 42.6 Å². The zero-order valence-electron chi connectivity index (χ0n) is 15.6. The van der Waals surface area contributed by atoms with Crippen LogP contribution in [0.5, 0.6) is 0 Å². The molecular formula is C23H24N2O. The molecule has 0 unspecified atom stereocenters. The second-order valence-corrected chi connectivity index (χ2v) is 6.88. The van der Waals surface area contributed by atoms with E-state index >= 15 is 0 Å². The Balaban J connectivity index is 1.75. The Morgan fingerprint density at radius 1 is 0.885 bits per heavy atom. The second kappa shape index (κ2) is 8.05. The highest BCUT2D eigenvalue weighted by Gasteiger charge is 2.11. The molecule has 3 aromatic rings. The third kappa shape index (κ3) is 4.23. The van der Waals surface area contributed by atoms with Crippen molar-refractivity contribution in [1.29, 1.82) is 0 Å². The first-order valence-corrected chi connectivity index (χ1v) is 9.09. The van der Waals surface area contributed by atoms with Gasteiger partial charge in [0.05, 0.1) is 0 Å². The normalized spacial score (nSPS) is 12.0. The SMILES string of the molecule is CC[C@H](C)CC(=O)c1ccc(-c2ncc(-c3ccc(C)cc3)cn2)cc1. The van der Waals surface area contributed by atoms with E-state index in [9.17, 15) is 4.79 Å².